The summed E-state index contributed by atoms with van der Waals surface area (Å²) in [6, 6.07) is 19.0. The number of carbonyl (C=O) groups is 4. The largest absolute Gasteiger partial charge is 0.545 e. The third kappa shape index (κ3) is 9.91. The quantitative estimate of drug-likeness (QED) is 0.131. The van der Waals surface area contributed by atoms with E-state index in [1.165, 1.54) is 14.0 Å². The van der Waals surface area contributed by atoms with E-state index in [1.54, 1.807) is 18.2 Å². The fourth-order valence-corrected chi connectivity index (χ4v) is 4.74. The average Bonchev–Trinajstić information content (AvgIpc) is 3.03. The summed E-state index contributed by atoms with van der Waals surface area (Å²) >= 11 is 0. The van der Waals surface area contributed by atoms with E-state index in [0.717, 1.165) is 63.7 Å². The molecule has 11 nitrogen and oxygen atoms in total. The minimum Gasteiger partial charge on any atom is -0.545 e. The van der Waals surface area contributed by atoms with Crippen molar-refractivity contribution in [2.45, 2.75) is 32.6 Å². The van der Waals surface area contributed by atoms with Crippen molar-refractivity contribution in [3.05, 3.63) is 71.6 Å². The van der Waals surface area contributed by atoms with Crippen LogP contribution in [0.2, 0.25) is 0 Å². The number of hydrogen-bond acceptors (Lipinski definition) is 7. The third-order valence-electron chi connectivity index (χ3n) is 7.29. The van der Waals surface area contributed by atoms with Crippen LogP contribution < -0.4 is 35.9 Å². The summed E-state index contributed by atoms with van der Waals surface area (Å²) in [5, 5.41) is 21.0. The highest BCUT2D eigenvalue weighted by Crippen LogP contribution is 2.40. The van der Waals surface area contributed by atoms with Gasteiger partial charge in [0.15, 0.2) is 0 Å². The molecule has 1 heterocycles. The minimum atomic E-state index is -1.19. The van der Waals surface area contributed by atoms with Gasteiger partial charge in [-0.15, -0.1) is 0 Å². The van der Waals surface area contributed by atoms with E-state index in [2.05, 4.69) is 16.0 Å². The zero-order valence-electron chi connectivity index (χ0n) is 27.4. The first-order valence-electron chi connectivity index (χ1n) is 15.1. The lowest BCUT2D eigenvalue weighted by Gasteiger charge is -2.18. The molecule has 0 saturated heterocycles. The standard InChI is InChI=1S/C24H22N2O3.C11H21N3O3/c1-25(2)17-8-10-19-21(13-17)29-22-14-18(26(3)4)9-11-20(22)23(19)15-6-5-7-16(12-15)24(27)28;1-9(15)13-7-5-3-4-6-10(16)14-8-11(17)12-2/h5-14H,1-4H3;3-8H2,1-2H3,(H,12,17)(H,13,15)(H,14,16). The van der Waals surface area contributed by atoms with Crippen LogP contribution in [0.4, 0.5) is 5.69 Å². The van der Waals surface area contributed by atoms with Gasteiger partial charge < -0.3 is 35.2 Å². The summed E-state index contributed by atoms with van der Waals surface area (Å²) in [7, 11) is 9.46. The normalized spacial score (nSPS) is 10.5. The smallest absolute Gasteiger partial charge is 0.239 e. The van der Waals surface area contributed by atoms with Crippen molar-refractivity contribution in [1.82, 2.24) is 20.5 Å². The topological polar surface area (TPSA) is 147 Å². The monoisotopic (exact) mass is 629 g/mol. The van der Waals surface area contributed by atoms with Crippen molar-refractivity contribution in [3.8, 4) is 22.5 Å². The maximum Gasteiger partial charge on any atom is 0.239 e. The van der Waals surface area contributed by atoms with Crippen molar-refractivity contribution in [1.29, 1.82) is 0 Å². The van der Waals surface area contributed by atoms with Gasteiger partial charge in [-0.1, -0.05) is 24.6 Å². The van der Waals surface area contributed by atoms with Crippen molar-refractivity contribution in [2.24, 2.45) is 0 Å². The lowest BCUT2D eigenvalue weighted by atomic mass is 9.92. The SMILES string of the molecule is CN(C)c1ccc2c(-c3cccc(C(=O)[O-])c3)c3ccc(=[N+](C)C)cc-3oc2c1.CNC(=O)CNC(=O)CCCCCNC(C)=O. The van der Waals surface area contributed by atoms with Gasteiger partial charge in [-0.25, -0.2) is 4.58 Å². The van der Waals surface area contributed by atoms with E-state index in [0.29, 0.717) is 13.0 Å². The number of anilines is 1. The Balaban J connectivity index is 0.000000292. The molecule has 3 amide bonds. The summed E-state index contributed by atoms with van der Waals surface area (Å²) in [6.45, 7) is 2.16. The maximum absolute atomic E-state index is 11.4. The molecule has 11 heteroatoms. The van der Waals surface area contributed by atoms with Gasteiger partial charge in [0.25, 0.3) is 0 Å². The molecular formula is C35H43N5O6. The second kappa shape index (κ2) is 16.8. The molecule has 0 aromatic heterocycles. The molecule has 0 radical (unpaired) electrons. The Bertz CT molecular complexity index is 1740. The number of hydrogen-bond donors (Lipinski definition) is 3. The molecule has 0 bridgehead atoms. The van der Waals surface area contributed by atoms with Gasteiger partial charge in [0.2, 0.25) is 23.1 Å². The molecule has 2 aromatic rings. The maximum atomic E-state index is 11.4. The number of carboxylic acid groups (broad SMARTS) is 1. The van der Waals surface area contributed by atoms with Gasteiger partial charge in [0.05, 0.1) is 18.6 Å². The van der Waals surface area contributed by atoms with Crippen LogP contribution in [-0.2, 0) is 14.4 Å². The van der Waals surface area contributed by atoms with E-state index in [-0.39, 0.29) is 29.8 Å². The van der Waals surface area contributed by atoms with Crippen molar-refractivity contribution in [3.63, 3.8) is 0 Å². The van der Waals surface area contributed by atoms with Crippen LogP contribution in [0.5, 0.6) is 0 Å². The van der Waals surface area contributed by atoms with Crippen LogP contribution in [0.25, 0.3) is 33.4 Å². The fourth-order valence-electron chi connectivity index (χ4n) is 4.74. The predicted molar refractivity (Wildman–Crippen MR) is 178 cm³/mol. The highest BCUT2D eigenvalue weighted by Gasteiger charge is 2.19. The lowest BCUT2D eigenvalue weighted by Crippen LogP contribution is -2.35. The van der Waals surface area contributed by atoms with Gasteiger partial charge >= 0.3 is 0 Å². The molecule has 4 rings (SSSR count). The molecule has 3 N–H and O–H groups in total. The number of nitrogens with one attached hydrogen (secondary N) is 3. The molecule has 0 fully saturated rings. The molecule has 46 heavy (non-hydrogen) atoms. The highest BCUT2D eigenvalue weighted by atomic mass is 16.4. The van der Waals surface area contributed by atoms with Crippen molar-refractivity contribution >= 4 is 40.3 Å². The first-order chi connectivity index (χ1) is 21.9. The molecule has 0 spiro atoms. The van der Waals surface area contributed by atoms with Gasteiger partial charge in [-0.3, -0.25) is 14.4 Å². The number of carboxylic acids is 1. The Morgan fingerprint density at radius 1 is 0.891 bits per heavy atom. The van der Waals surface area contributed by atoms with Gasteiger partial charge in [-0.2, -0.15) is 0 Å². The Labute approximate surface area is 269 Å². The van der Waals surface area contributed by atoms with Crippen molar-refractivity contribution < 1.29 is 28.7 Å². The first kappa shape index (κ1) is 35.3. The first-order valence-corrected chi connectivity index (χ1v) is 15.1. The number of rotatable bonds is 11. The number of unbranched alkanes of at least 4 members (excludes halogenated alkanes) is 2. The number of aromatic carboxylic acids is 1. The Morgan fingerprint density at radius 2 is 1.65 bits per heavy atom. The number of benzene rings is 3. The highest BCUT2D eigenvalue weighted by molar-refractivity contribution is 6.03. The molecular weight excluding hydrogens is 586 g/mol. The fraction of sp³-hybridized carbons (Fsp3) is 0.343. The molecule has 1 aliphatic carbocycles. The summed E-state index contributed by atoms with van der Waals surface area (Å²) in [6.07, 6.45) is 2.92. The zero-order chi connectivity index (χ0) is 33.8. The van der Waals surface area contributed by atoms with Gasteiger partial charge in [-0.05, 0) is 48.2 Å². The minimum absolute atomic E-state index is 0.0290. The number of likely N-dealkylation sites (N-methyl/N-ethyl adjacent to an activating group) is 1. The van der Waals surface area contributed by atoms with E-state index in [1.807, 2.05) is 80.1 Å². The van der Waals surface area contributed by atoms with Crippen LogP contribution in [0.1, 0.15) is 43.0 Å². The molecule has 0 atom stereocenters. The van der Waals surface area contributed by atoms with Crippen LogP contribution in [0, 0.1) is 0 Å². The van der Waals surface area contributed by atoms with Gasteiger partial charge in [0.1, 0.15) is 25.4 Å². The summed E-state index contributed by atoms with van der Waals surface area (Å²) in [5.74, 6) is -0.801. The summed E-state index contributed by atoms with van der Waals surface area (Å²) in [5.41, 5.74) is 4.61. The number of carbonyl (C=O) groups excluding carboxylic acids is 4. The molecule has 2 aliphatic rings. The molecule has 1 aliphatic heterocycles. The third-order valence-corrected chi connectivity index (χ3v) is 7.29. The van der Waals surface area contributed by atoms with Crippen molar-refractivity contribution in [2.75, 3.05) is 53.2 Å². The summed E-state index contributed by atoms with van der Waals surface area (Å²) in [4.78, 5) is 46.1. The number of nitrogens with zero attached hydrogens (tertiary/aromatic N) is 2. The average molecular weight is 630 g/mol. The lowest BCUT2D eigenvalue weighted by molar-refractivity contribution is -0.255. The molecule has 0 saturated carbocycles. The Hall–Kier alpha value is -5.19. The predicted octanol–water partition coefficient (Wildman–Crippen LogP) is 2.21. The van der Waals surface area contributed by atoms with Gasteiger partial charge in [0, 0.05) is 75.4 Å². The van der Waals surface area contributed by atoms with Crippen LogP contribution in [0.15, 0.2) is 65.1 Å². The number of amides is 3. The van der Waals surface area contributed by atoms with E-state index >= 15 is 0 Å². The van der Waals surface area contributed by atoms with Crippen LogP contribution >= 0.6 is 0 Å². The molecule has 2 aromatic carbocycles. The Morgan fingerprint density at radius 3 is 2.30 bits per heavy atom. The zero-order valence-corrected chi connectivity index (χ0v) is 27.4. The molecule has 0 unspecified atom stereocenters. The summed E-state index contributed by atoms with van der Waals surface area (Å²) < 4.78 is 8.31. The van der Waals surface area contributed by atoms with E-state index in [4.69, 9.17) is 4.42 Å². The Kier molecular flexibility index (Phi) is 12.9. The van der Waals surface area contributed by atoms with Crippen LogP contribution in [-0.4, -0.2) is 72.0 Å². The molecule has 244 valence electrons. The van der Waals surface area contributed by atoms with E-state index < -0.39 is 5.97 Å². The number of fused-ring (bicyclic) bond motifs is 2. The second-order valence-electron chi connectivity index (χ2n) is 11.2. The van der Waals surface area contributed by atoms with Crippen LogP contribution in [0.3, 0.4) is 0 Å². The van der Waals surface area contributed by atoms with E-state index in [9.17, 15) is 24.3 Å². The second-order valence-corrected chi connectivity index (χ2v) is 11.2.